The van der Waals surface area contributed by atoms with Crippen molar-refractivity contribution in [3.05, 3.63) is 99.5 Å². The van der Waals surface area contributed by atoms with Crippen molar-refractivity contribution in [2.75, 3.05) is 5.32 Å². The van der Waals surface area contributed by atoms with Gasteiger partial charge in [0.05, 0.1) is 11.3 Å². The van der Waals surface area contributed by atoms with E-state index in [2.05, 4.69) is 12.2 Å². The van der Waals surface area contributed by atoms with E-state index in [9.17, 15) is 14.4 Å². The van der Waals surface area contributed by atoms with Crippen molar-refractivity contribution in [2.45, 2.75) is 20.0 Å². The van der Waals surface area contributed by atoms with E-state index in [0.717, 1.165) is 16.7 Å². The molecule has 2 amide bonds. The Balaban J connectivity index is 1.76. The third-order valence-corrected chi connectivity index (χ3v) is 4.40. The molecule has 0 fully saturated rings. The van der Waals surface area contributed by atoms with E-state index in [1.54, 1.807) is 12.1 Å². The Morgan fingerprint density at radius 2 is 1.62 bits per heavy atom. The van der Waals surface area contributed by atoms with E-state index in [0.29, 0.717) is 0 Å². The number of benzene rings is 2. The molecule has 0 saturated heterocycles. The number of hydrogen-bond donors (Lipinski definition) is 2. The van der Waals surface area contributed by atoms with Gasteiger partial charge in [-0.3, -0.25) is 14.4 Å². The summed E-state index contributed by atoms with van der Waals surface area (Å²) in [6, 6.07) is 17.1. The fourth-order valence-electron chi connectivity index (χ4n) is 2.76. The van der Waals surface area contributed by atoms with Gasteiger partial charge in [0, 0.05) is 6.20 Å². The molecule has 3 aromatic rings. The first-order valence-corrected chi connectivity index (χ1v) is 9.12. The highest BCUT2D eigenvalue weighted by molar-refractivity contribution is 6.08. The lowest BCUT2D eigenvalue weighted by molar-refractivity contribution is 0.0863. The molecule has 0 saturated carbocycles. The molecule has 0 aliphatic rings. The topological polar surface area (TPSA) is 103 Å². The summed E-state index contributed by atoms with van der Waals surface area (Å²) in [7, 11) is 0. The number of carbonyl (C=O) groups is 2. The maximum Gasteiger partial charge on any atom is 0.295 e. The highest BCUT2D eigenvalue weighted by atomic mass is 16.7. The molecule has 0 aliphatic carbocycles. The quantitative estimate of drug-likeness (QED) is 0.645. The predicted molar refractivity (Wildman–Crippen MR) is 110 cm³/mol. The number of nitrogens with two attached hydrogens (primary N) is 1. The number of amides is 2. The standard InChI is InChI=1S/C22H21N3O4/c1-2-15-9-11-16(12-10-15)14-29-25-13-5-7-18(22(25)28)21(27)24-19-8-4-3-6-17(19)20(23)26/h3-13H,2,14H2,1H3,(H2,23,26)(H,24,27). The normalized spacial score (nSPS) is 10.4. The van der Waals surface area contributed by atoms with Gasteiger partial charge in [0.1, 0.15) is 12.2 Å². The summed E-state index contributed by atoms with van der Waals surface area (Å²) >= 11 is 0. The molecule has 0 unspecified atom stereocenters. The summed E-state index contributed by atoms with van der Waals surface area (Å²) in [5.74, 6) is -1.34. The predicted octanol–water partition coefficient (Wildman–Crippen LogP) is 2.39. The number of hydrogen-bond acceptors (Lipinski definition) is 4. The van der Waals surface area contributed by atoms with E-state index >= 15 is 0 Å². The van der Waals surface area contributed by atoms with Crippen molar-refractivity contribution >= 4 is 17.5 Å². The Morgan fingerprint density at radius 3 is 2.31 bits per heavy atom. The van der Waals surface area contributed by atoms with Crippen LogP contribution in [0, 0.1) is 0 Å². The molecule has 0 radical (unpaired) electrons. The van der Waals surface area contributed by atoms with Crippen LogP contribution in [0.2, 0.25) is 0 Å². The maximum atomic E-state index is 12.6. The molecule has 1 aromatic heterocycles. The first kappa shape index (κ1) is 19.9. The molecule has 0 bridgehead atoms. The van der Waals surface area contributed by atoms with E-state index in [4.69, 9.17) is 10.6 Å². The molecule has 2 aromatic carbocycles. The average Bonchev–Trinajstić information content (AvgIpc) is 2.73. The zero-order chi connectivity index (χ0) is 20.8. The van der Waals surface area contributed by atoms with E-state index < -0.39 is 17.4 Å². The molecule has 0 atom stereocenters. The summed E-state index contributed by atoms with van der Waals surface area (Å²) in [4.78, 5) is 42.3. The van der Waals surface area contributed by atoms with Crippen molar-refractivity contribution in [1.82, 2.24) is 4.73 Å². The van der Waals surface area contributed by atoms with Crippen LogP contribution < -0.4 is 21.4 Å². The van der Waals surface area contributed by atoms with E-state index in [1.807, 2.05) is 24.3 Å². The Labute approximate surface area is 167 Å². The minimum Gasteiger partial charge on any atom is -0.406 e. The van der Waals surface area contributed by atoms with Gasteiger partial charge in [-0.25, -0.2) is 0 Å². The second kappa shape index (κ2) is 8.88. The number of nitrogens with zero attached hydrogens (tertiary/aromatic N) is 1. The number of nitrogens with one attached hydrogen (secondary N) is 1. The lowest BCUT2D eigenvalue weighted by Crippen LogP contribution is -2.32. The van der Waals surface area contributed by atoms with Crippen molar-refractivity contribution in [1.29, 1.82) is 0 Å². The number of primary amides is 1. The molecular weight excluding hydrogens is 370 g/mol. The summed E-state index contributed by atoms with van der Waals surface area (Å²) in [5.41, 5.74) is 7.10. The molecule has 3 N–H and O–H groups in total. The number of rotatable bonds is 7. The third-order valence-electron chi connectivity index (χ3n) is 4.40. The van der Waals surface area contributed by atoms with Gasteiger partial charge in [-0.2, -0.15) is 4.73 Å². The van der Waals surface area contributed by atoms with Crippen LogP contribution >= 0.6 is 0 Å². The summed E-state index contributed by atoms with van der Waals surface area (Å²) < 4.78 is 1.02. The molecule has 3 rings (SSSR count). The fraction of sp³-hybridized carbons (Fsp3) is 0.136. The van der Waals surface area contributed by atoms with Crippen molar-refractivity contribution in [3.63, 3.8) is 0 Å². The molecule has 0 aliphatic heterocycles. The molecule has 7 heteroatoms. The second-order valence-corrected chi connectivity index (χ2v) is 6.36. The van der Waals surface area contributed by atoms with Gasteiger partial charge in [0.15, 0.2) is 0 Å². The van der Waals surface area contributed by atoms with Crippen LogP contribution in [0.25, 0.3) is 0 Å². The van der Waals surface area contributed by atoms with Gasteiger partial charge in [-0.05, 0) is 41.8 Å². The number of aryl methyl sites for hydroxylation is 1. The number of anilines is 1. The van der Waals surface area contributed by atoms with Gasteiger partial charge < -0.3 is 15.9 Å². The lowest BCUT2D eigenvalue weighted by Gasteiger charge is -2.11. The molecule has 1 heterocycles. The van der Waals surface area contributed by atoms with Crippen LogP contribution in [-0.4, -0.2) is 16.5 Å². The maximum absolute atomic E-state index is 12.6. The third kappa shape index (κ3) is 4.70. The van der Waals surface area contributed by atoms with E-state index in [-0.39, 0.29) is 23.4 Å². The van der Waals surface area contributed by atoms with Crippen LogP contribution in [-0.2, 0) is 13.0 Å². The number of carbonyl (C=O) groups excluding carboxylic acids is 2. The molecule has 0 spiro atoms. The van der Waals surface area contributed by atoms with Gasteiger partial charge >= 0.3 is 0 Å². The summed E-state index contributed by atoms with van der Waals surface area (Å²) in [6.07, 6.45) is 2.38. The Bertz CT molecular complexity index is 1090. The van der Waals surface area contributed by atoms with Crippen molar-refractivity contribution < 1.29 is 14.4 Å². The second-order valence-electron chi connectivity index (χ2n) is 6.36. The summed E-state index contributed by atoms with van der Waals surface area (Å²) in [6.45, 7) is 2.25. The van der Waals surface area contributed by atoms with Crippen LogP contribution in [0.1, 0.15) is 38.8 Å². The monoisotopic (exact) mass is 391 g/mol. The van der Waals surface area contributed by atoms with Crippen molar-refractivity contribution in [2.24, 2.45) is 5.73 Å². The Hall–Kier alpha value is -3.87. The first-order chi connectivity index (χ1) is 14.0. The molecule has 29 heavy (non-hydrogen) atoms. The molecule has 148 valence electrons. The zero-order valence-corrected chi connectivity index (χ0v) is 15.9. The fourth-order valence-corrected chi connectivity index (χ4v) is 2.76. The number of pyridine rings is 1. The van der Waals surface area contributed by atoms with Crippen LogP contribution in [0.4, 0.5) is 5.69 Å². The van der Waals surface area contributed by atoms with Gasteiger partial charge in [0.2, 0.25) is 0 Å². The minimum atomic E-state index is -0.677. The van der Waals surface area contributed by atoms with Crippen LogP contribution in [0.5, 0.6) is 0 Å². The van der Waals surface area contributed by atoms with Crippen LogP contribution in [0.15, 0.2) is 71.7 Å². The van der Waals surface area contributed by atoms with Crippen LogP contribution in [0.3, 0.4) is 0 Å². The van der Waals surface area contributed by atoms with Gasteiger partial charge in [-0.15, -0.1) is 0 Å². The Morgan fingerprint density at radius 1 is 0.966 bits per heavy atom. The van der Waals surface area contributed by atoms with Crippen molar-refractivity contribution in [3.8, 4) is 0 Å². The number of aromatic nitrogens is 1. The SMILES string of the molecule is CCc1ccc(COn2cccc(C(=O)Nc3ccccc3C(N)=O)c2=O)cc1. The highest BCUT2D eigenvalue weighted by Crippen LogP contribution is 2.15. The molecular formula is C22H21N3O4. The van der Waals surface area contributed by atoms with E-state index in [1.165, 1.54) is 36.0 Å². The number of para-hydroxylation sites is 1. The summed E-state index contributed by atoms with van der Waals surface area (Å²) in [5, 5.41) is 2.55. The Kier molecular flexibility index (Phi) is 6.09. The lowest BCUT2D eigenvalue weighted by atomic mass is 10.1. The smallest absolute Gasteiger partial charge is 0.295 e. The van der Waals surface area contributed by atoms with Gasteiger partial charge in [0.25, 0.3) is 17.4 Å². The molecule has 7 nitrogen and oxygen atoms in total. The average molecular weight is 391 g/mol. The largest absolute Gasteiger partial charge is 0.406 e. The first-order valence-electron chi connectivity index (χ1n) is 9.12. The zero-order valence-electron chi connectivity index (χ0n) is 15.9. The minimum absolute atomic E-state index is 0.117. The van der Waals surface area contributed by atoms with Gasteiger partial charge in [-0.1, -0.05) is 43.3 Å². The highest BCUT2D eigenvalue weighted by Gasteiger charge is 2.16.